The number of nitrogens with zero attached hydrogens (tertiary/aromatic N) is 1. The molecule has 2 rings (SSSR count). The second-order valence-electron chi connectivity index (χ2n) is 8.18. The topological polar surface area (TPSA) is 49.4 Å². The lowest BCUT2D eigenvalue weighted by molar-refractivity contribution is 0.599. The minimum atomic E-state index is -3.74. The van der Waals surface area contributed by atoms with Gasteiger partial charge in [-0.05, 0) is 112 Å². The van der Waals surface area contributed by atoms with Crippen LogP contribution in [0, 0.1) is 62.3 Å². The average Bonchev–Trinajstić information content (AvgIpc) is 2.60. The van der Waals surface area contributed by atoms with Crippen LogP contribution in [0.2, 0.25) is 0 Å². The van der Waals surface area contributed by atoms with Crippen molar-refractivity contribution in [1.29, 1.82) is 0 Å². The van der Waals surface area contributed by atoms with E-state index in [4.69, 9.17) is 0 Å². The molecule has 0 heterocycles. The molecule has 0 fully saturated rings. The molecule has 1 N–H and O–H groups in total. The van der Waals surface area contributed by atoms with Gasteiger partial charge in [-0.3, -0.25) is 4.72 Å². The van der Waals surface area contributed by atoms with E-state index < -0.39 is 10.0 Å². The van der Waals surface area contributed by atoms with E-state index in [2.05, 4.69) is 18.6 Å². The first kappa shape index (κ1) is 22.3. The van der Waals surface area contributed by atoms with Crippen LogP contribution in [0.15, 0.2) is 4.90 Å². The van der Waals surface area contributed by atoms with Gasteiger partial charge in [-0.1, -0.05) is 0 Å². The molecule has 0 aliphatic carbocycles. The Kier molecular flexibility index (Phi) is 5.91. The van der Waals surface area contributed by atoms with Gasteiger partial charge in [-0.25, -0.2) is 8.42 Å². The van der Waals surface area contributed by atoms with E-state index in [9.17, 15) is 8.42 Å². The van der Waals surface area contributed by atoms with E-state index in [-0.39, 0.29) is 0 Å². The zero-order valence-corrected chi connectivity index (χ0v) is 20.0. The van der Waals surface area contributed by atoms with Gasteiger partial charge in [0.1, 0.15) is 0 Å². The molecule has 0 amide bonds. The van der Waals surface area contributed by atoms with Crippen molar-refractivity contribution in [2.24, 2.45) is 0 Å². The second kappa shape index (κ2) is 7.43. The summed E-state index contributed by atoms with van der Waals surface area (Å²) in [6.07, 6.45) is 0. The Morgan fingerprint density at radius 2 is 0.929 bits per heavy atom. The minimum absolute atomic E-state index is 0.396. The van der Waals surface area contributed by atoms with Crippen molar-refractivity contribution in [2.75, 3.05) is 23.7 Å². The average molecular weight is 403 g/mol. The molecule has 0 saturated carbocycles. The van der Waals surface area contributed by atoms with Crippen LogP contribution in [0.3, 0.4) is 0 Å². The van der Waals surface area contributed by atoms with Crippen molar-refractivity contribution >= 4 is 21.4 Å². The van der Waals surface area contributed by atoms with Gasteiger partial charge in [0.25, 0.3) is 10.0 Å². The van der Waals surface area contributed by atoms with Crippen molar-refractivity contribution < 1.29 is 8.42 Å². The number of nitrogens with one attached hydrogen (secondary N) is 1. The fourth-order valence-electron chi connectivity index (χ4n) is 4.03. The Morgan fingerprint density at radius 3 is 1.36 bits per heavy atom. The van der Waals surface area contributed by atoms with Gasteiger partial charge in [-0.2, -0.15) is 0 Å². The van der Waals surface area contributed by atoms with Crippen LogP contribution in [-0.4, -0.2) is 22.5 Å². The molecule has 2 aromatic rings. The Balaban J connectivity index is 2.81. The van der Waals surface area contributed by atoms with Crippen LogP contribution in [0.1, 0.15) is 50.1 Å². The molecule has 4 nitrogen and oxygen atoms in total. The van der Waals surface area contributed by atoms with Crippen LogP contribution in [-0.2, 0) is 10.0 Å². The summed E-state index contributed by atoms with van der Waals surface area (Å²) in [5, 5.41) is 0. The third-order valence-electron chi connectivity index (χ3n) is 6.54. The minimum Gasteiger partial charge on any atom is -0.376 e. The van der Waals surface area contributed by atoms with Gasteiger partial charge in [0.15, 0.2) is 0 Å². The van der Waals surface area contributed by atoms with Gasteiger partial charge >= 0.3 is 0 Å². The van der Waals surface area contributed by atoms with E-state index in [1.165, 1.54) is 5.56 Å². The lowest BCUT2D eigenvalue weighted by Gasteiger charge is -2.27. The van der Waals surface area contributed by atoms with E-state index in [1.807, 2.05) is 67.5 Å². The molecule has 2 aromatic carbocycles. The third-order valence-corrected chi connectivity index (χ3v) is 8.16. The normalized spacial score (nSPS) is 11.7. The summed E-state index contributed by atoms with van der Waals surface area (Å²) in [6.45, 7) is 18.0. The largest absolute Gasteiger partial charge is 0.376 e. The smallest absolute Gasteiger partial charge is 0.262 e. The molecule has 28 heavy (non-hydrogen) atoms. The first-order valence-electron chi connectivity index (χ1n) is 9.61. The number of hydrogen-bond acceptors (Lipinski definition) is 3. The van der Waals surface area contributed by atoms with Gasteiger partial charge in [0.05, 0.1) is 16.3 Å². The highest BCUT2D eigenvalue weighted by Crippen LogP contribution is 2.39. The van der Waals surface area contributed by atoms with Crippen molar-refractivity contribution in [3.63, 3.8) is 0 Å². The monoisotopic (exact) mass is 402 g/mol. The molecule has 0 aliphatic heterocycles. The van der Waals surface area contributed by atoms with Crippen molar-refractivity contribution in [3.8, 4) is 0 Å². The molecular weight excluding hydrogens is 368 g/mol. The quantitative estimate of drug-likeness (QED) is 0.752. The molecule has 0 unspecified atom stereocenters. The summed E-state index contributed by atoms with van der Waals surface area (Å²) < 4.78 is 30.1. The molecule has 0 atom stereocenters. The number of sulfonamides is 1. The predicted octanol–water partition coefficient (Wildman–Crippen LogP) is 5.33. The first-order valence-corrected chi connectivity index (χ1v) is 11.1. The summed E-state index contributed by atoms with van der Waals surface area (Å²) in [4.78, 5) is 2.38. The lowest BCUT2D eigenvalue weighted by atomic mass is 9.95. The zero-order chi connectivity index (χ0) is 21.7. The fourth-order valence-corrected chi connectivity index (χ4v) is 5.76. The third kappa shape index (κ3) is 3.41. The van der Waals surface area contributed by atoms with Crippen LogP contribution < -0.4 is 9.62 Å². The molecule has 0 bridgehead atoms. The maximum atomic E-state index is 13.6. The van der Waals surface area contributed by atoms with Crippen LogP contribution in [0.5, 0.6) is 0 Å². The van der Waals surface area contributed by atoms with Crippen molar-refractivity contribution in [2.45, 2.75) is 67.2 Å². The number of benzene rings is 2. The van der Waals surface area contributed by atoms with Gasteiger partial charge in [-0.15, -0.1) is 0 Å². The summed E-state index contributed by atoms with van der Waals surface area (Å²) in [6, 6.07) is 0. The Bertz CT molecular complexity index is 1040. The summed E-state index contributed by atoms with van der Waals surface area (Å²) in [5.41, 5.74) is 10.8. The molecule has 0 aromatic heterocycles. The predicted molar refractivity (Wildman–Crippen MR) is 121 cm³/mol. The maximum absolute atomic E-state index is 13.6. The van der Waals surface area contributed by atoms with Crippen LogP contribution in [0.25, 0.3) is 0 Å². The van der Waals surface area contributed by atoms with E-state index in [1.54, 1.807) is 0 Å². The molecule has 0 radical (unpaired) electrons. The van der Waals surface area contributed by atoms with Gasteiger partial charge in [0, 0.05) is 14.1 Å². The zero-order valence-electron chi connectivity index (χ0n) is 19.2. The van der Waals surface area contributed by atoms with E-state index in [0.29, 0.717) is 10.6 Å². The standard InChI is InChI=1S/C23H34N2O2S/c1-12-15(4)19(8)23(20(9)16(12)5)28(26,27)24-21-17(6)13(2)14(3)18(7)22(21)25(10)11/h24H,1-11H3. The molecule has 154 valence electrons. The highest BCUT2D eigenvalue weighted by Gasteiger charge is 2.27. The number of rotatable bonds is 4. The van der Waals surface area contributed by atoms with Crippen LogP contribution in [0.4, 0.5) is 11.4 Å². The summed E-state index contributed by atoms with van der Waals surface area (Å²) >= 11 is 0. The Hall–Kier alpha value is -2.01. The highest BCUT2D eigenvalue weighted by molar-refractivity contribution is 7.92. The van der Waals surface area contributed by atoms with Crippen molar-refractivity contribution in [3.05, 3.63) is 50.1 Å². The maximum Gasteiger partial charge on any atom is 0.262 e. The molecule has 0 spiro atoms. The van der Waals surface area contributed by atoms with Crippen molar-refractivity contribution in [1.82, 2.24) is 0 Å². The second-order valence-corrected chi connectivity index (χ2v) is 9.80. The number of hydrogen-bond donors (Lipinski definition) is 1. The van der Waals surface area contributed by atoms with Gasteiger partial charge < -0.3 is 4.90 Å². The fraction of sp³-hybridized carbons (Fsp3) is 0.478. The molecule has 0 aliphatic rings. The number of anilines is 2. The molecule has 5 heteroatoms. The van der Waals surface area contributed by atoms with Crippen LogP contribution >= 0.6 is 0 Å². The highest BCUT2D eigenvalue weighted by atomic mass is 32.2. The van der Waals surface area contributed by atoms with Gasteiger partial charge in [0.2, 0.25) is 0 Å². The molecule has 0 saturated heterocycles. The summed E-state index contributed by atoms with van der Waals surface area (Å²) in [7, 11) is 0.161. The first-order chi connectivity index (χ1) is 12.7. The lowest BCUT2D eigenvalue weighted by Crippen LogP contribution is -2.22. The Labute approximate surface area is 171 Å². The molecular formula is C23H34N2O2S. The van der Waals surface area contributed by atoms with E-state index >= 15 is 0 Å². The SMILES string of the molecule is Cc1c(C)c(C)c(S(=O)(=O)Nc2c(C)c(C)c(C)c(C)c2N(C)C)c(C)c1C. The van der Waals surface area contributed by atoms with E-state index in [0.717, 1.165) is 50.2 Å². The Morgan fingerprint density at radius 1 is 0.571 bits per heavy atom. The summed E-state index contributed by atoms with van der Waals surface area (Å²) in [5.74, 6) is 0.